The van der Waals surface area contributed by atoms with E-state index in [4.69, 9.17) is 14.2 Å². The Labute approximate surface area is 568 Å². The van der Waals surface area contributed by atoms with Crippen LogP contribution in [-0.4, -0.2) is 94.0 Å². The van der Waals surface area contributed by atoms with Gasteiger partial charge in [-0.25, -0.2) is 29.9 Å². The van der Waals surface area contributed by atoms with E-state index < -0.39 is 54.1 Å². The number of ketones is 3. The van der Waals surface area contributed by atoms with Gasteiger partial charge >= 0.3 is 19.1 Å². The van der Waals surface area contributed by atoms with Gasteiger partial charge in [-0.1, -0.05) is 36.4 Å². The highest BCUT2D eigenvalue weighted by molar-refractivity contribution is 6.08. The number of ether oxygens (including phenoxy) is 6. The highest BCUT2D eigenvalue weighted by Crippen LogP contribution is 2.34. The van der Waals surface area contributed by atoms with Crippen molar-refractivity contribution in [3.8, 4) is 52.1 Å². The maximum Gasteiger partial charge on any atom is 0.573 e. The second-order valence-electron chi connectivity index (χ2n) is 20.9. The van der Waals surface area contributed by atoms with Gasteiger partial charge in [-0.15, -0.1) is 39.5 Å². The molecule has 0 saturated carbocycles. The summed E-state index contributed by atoms with van der Waals surface area (Å²) in [6.07, 6.45) is -11.8. The molecule has 23 nitrogen and oxygen atoms in total. The zero-order valence-corrected chi connectivity index (χ0v) is 52.5. The average molecular weight is 1400 g/mol. The molecular weight excluding hydrogens is 1360 g/mol. The number of benzene rings is 7. The number of carbonyl (C=O) groups excluding carboxylic acids is 6. The number of pyridine rings is 2. The molecule has 0 aliphatic carbocycles. The van der Waals surface area contributed by atoms with Gasteiger partial charge in [0, 0.05) is 37.0 Å². The van der Waals surface area contributed by atoms with Crippen LogP contribution in [0.4, 0.5) is 56.6 Å². The van der Waals surface area contributed by atoms with Crippen molar-refractivity contribution in [3.63, 3.8) is 0 Å². The summed E-state index contributed by atoms with van der Waals surface area (Å²) in [6.45, 7) is 4.15. The maximum absolute atomic E-state index is 13.0. The molecule has 0 atom stereocenters. The first-order chi connectivity index (χ1) is 48.5. The number of hydrogen-bond donors (Lipinski definition) is 3. The van der Waals surface area contributed by atoms with Crippen LogP contribution in [0.5, 0.6) is 52.1 Å². The molecule has 102 heavy (non-hydrogen) atoms. The van der Waals surface area contributed by atoms with Crippen LogP contribution in [-0.2, 0) is 0 Å². The summed E-state index contributed by atoms with van der Waals surface area (Å²) in [5, 5.41) is 7.90. The minimum Gasteiger partial charge on any atom is -0.437 e. The summed E-state index contributed by atoms with van der Waals surface area (Å²) in [5.74, 6) is -3.96. The molecule has 0 bridgehead atoms. The van der Waals surface area contributed by atoms with Gasteiger partial charge in [0.2, 0.25) is 0 Å². The summed E-state index contributed by atoms with van der Waals surface area (Å²) >= 11 is 0. The standard InChI is InChI=1S/C24H16F3N3O4.2C23H15F3N4O4/c1-14(31)15-6-8-16(9-7-15)28-22(32)21-23(30-20-5-3-2-4-19(20)29-21)33-17-10-12-18(13-11-17)34-24(25,26)27;1-13(31)17-11-6-14(12-27-17)28-21(32)20-22(30-19-5-3-2-4-18(19)29-20)33-15-7-9-16(10-8-15)34-23(24,25)26;1-13(31)19-12-14(10-11-27-19)28-21(32)20-22(30-18-5-3-2-4-17(18)29-20)33-15-6-8-16(9-7-15)34-23(24,25)26/h2-13H,1H3,(H,28,32);2-12H,1H3,(H,28,32);2-12H,1H3,(H,27,28,32). The third-order valence-electron chi connectivity index (χ3n) is 13.4. The number of nitrogens with one attached hydrogen (secondary N) is 3. The first kappa shape index (κ1) is 71.2. The molecule has 5 heterocycles. The molecule has 5 aromatic heterocycles. The largest absolute Gasteiger partial charge is 0.573 e. The average Bonchev–Trinajstić information content (AvgIpc) is 0.806. The maximum atomic E-state index is 13.0. The lowest BCUT2D eigenvalue weighted by atomic mass is 10.1. The summed E-state index contributed by atoms with van der Waals surface area (Å²) in [7, 11) is 0. The Kier molecular flexibility index (Phi) is 21.6. The fraction of sp³-hybridized carbons (Fsp3) is 0.0857. The lowest BCUT2D eigenvalue weighted by molar-refractivity contribution is -0.275. The number of rotatable bonds is 18. The monoisotopic (exact) mass is 1400 g/mol. The smallest absolute Gasteiger partial charge is 0.437 e. The van der Waals surface area contributed by atoms with Gasteiger partial charge in [0.15, 0.2) is 34.4 Å². The molecule has 0 unspecified atom stereocenters. The number of para-hydroxylation sites is 6. The van der Waals surface area contributed by atoms with Crippen LogP contribution >= 0.6 is 0 Å². The molecule has 0 aliphatic heterocycles. The fourth-order valence-corrected chi connectivity index (χ4v) is 8.81. The SMILES string of the molecule is CC(=O)c1cc(NC(=O)c2nc3ccccc3nc2Oc2ccc(OC(F)(F)F)cc2)ccn1.CC(=O)c1ccc(NC(=O)c2nc3ccccc3nc2Oc2ccc(OC(F)(F)F)cc2)cc1.CC(=O)c1ccc(NC(=O)c2nc3ccccc3nc2Oc2ccc(OC(F)(F)F)cc2)cn1. The van der Waals surface area contributed by atoms with Crippen molar-refractivity contribution in [2.45, 2.75) is 39.9 Å². The number of aromatic nitrogens is 8. The molecule has 0 saturated heterocycles. The Bertz CT molecular complexity index is 4880. The number of halogens is 9. The number of hydrogen-bond acceptors (Lipinski definition) is 20. The van der Waals surface area contributed by atoms with Gasteiger partial charge in [-0.05, 0) is 165 Å². The van der Waals surface area contributed by atoms with Gasteiger partial charge in [0.05, 0.1) is 45.0 Å². The van der Waals surface area contributed by atoms with Gasteiger partial charge in [0.1, 0.15) is 45.9 Å². The lowest BCUT2D eigenvalue weighted by Gasteiger charge is -2.12. The summed E-state index contributed by atoms with van der Waals surface area (Å²) in [4.78, 5) is 107. The second-order valence-corrected chi connectivity index (χ2v) is 20.9. The van der Waals surface area contributed by atoms with Crippen molar-refractivity contribution >= 4 is 85.2 Å². The number of amides is 3. The zero-order valence-electron chi connectivity index (χ0n) is 52.5. The van der Waals surface area contributed by atoms with E-state index >= 15 is 0 Å². The quantitative estimate of drug-likeness (QED) is 0.0531. The molecular formula is C70H46F9N11O12. The number of alkyl halides is 9. The van der Waals surface area contributed by atoms with Crippen LogP contribution in [0.25, 0.3) is 33.1 Å². The minimum absolute atomic E-state index is 0.107. The fourth-order valence-electron chi connectivity index (χ4n) is 8.81. The molecule has 32 heteroatoms. The van der Waals surface area contributed by atoms with Crippen LogP contribution in [0.15, 0.2) is 207 Å². The van der Waals surface area contributed by atoms with Crippen molar-refractivity contribution in [3.05, 3.63) is 241 Å². The first-order valence-corrected chi connectivity index (χ1v) is 29.4. The molecule has 0 radical (unpaired) electrons. The van der Waals surface area contributed by atoms with E-state index in [1.165, 1.54) is 93.8 Å². The predicted molar refractivity (Wildman–Crippen MR) is 347 cm³/mol. The number of nitrogens with zero attached hydrogens (tertiary/aromatic N) is 8. The molecule has 7 aromatic carbocycles. The van der Waals surface area contributed by atoms with Crippen LogP contribution < -0.4 is 44.4 Å². The molecule has 12 rings (SSSR count). The highest BCUT2D eigenvalue weighted by atomic mass is 19.4. The van der Waals surface area contributed by atoms with Crippen molar-refractivity contribution in [2.75, 3.05) is 16.0 Å². The zero-order chi connectivity index (χ0) is 72.9. The second kappa shape index (κ2) is 30.9. The third kappa shape index (κ3) is 19.8. The molecule has 3 amide bonds. The van der Waals surface area contributed by atoms with Crippen molar-refractivity contribution in [2.24, 2.45) is 0 Å². The summed E-state index contributed by atoms with van der Waals surface area (Å²) in [6, 6.07) is 46.4. The Morgan fingerprint density at radius 2 is 0.637 bits per heavy atom. The number of anilines is 3. The van der Waals surface area contributed by atoms with E-state index in [0.29, 0.717) is 55.7 Å². The topological polar surface area (TPSA) is 297 Å². The normalized spacial score (nSPS) is 11.2. The van der Waals surface area contributed by atoms with Crippen LogP contribution in [0.1, 0.15) is 83.6 Å². The Hall–Kier alpha value is -13.6. The van der Waals surface area contributed by atoms with E-state index in [2.05, 4.69) is 70.0 Å². The molecule has 3 N–H and O–H groups in total. The van der Waals surface area contributed by atoms with Gasteiger partial charge < -0.3 is 44.4 Å². The van der Waals surface area contributed by atoms with E-state index in [1.807, 2.05) is 0 Å². The minimum atomic E-state index is -4.83. The van der Waals surface area contributed by atoms with E-state index in [1.54, 1.807) is 97.1 Å². The number of carbonyl (C=O) groups is 6. The number of Topliss-reactive ketones (excluding diaryl/α,β-unsaturated/α-hetero) is 3. The summed E-state index contributed by atoms with van der Waals surface area (Å²) in [5.41, 5.74) is 4.10. The van der Waals surface area contributed by atoms with Gasteiger partial charge in [-0.3, -0.25) is 38.7 Å². The van der Waals surface area contributed by atoms with Crippen molar-refractivity contribution in [1.29, 1.82) is 0 Å². The Morgan fingerprint density at radius 3 is 0.951 bits per heavy atom. The van der Waals surface area contributed by atoms with Gasteiger partial charge in [-0.2, -0.15) is 0 Å². The van der Waals surface area contributed by atoms with E-state index in [9.17, 15) is 68.3 Å². The molecule has 516 valence electrons. The molecule has 0 fully saturated rings. The third-order valence-corrected chi connectivity index (χ3v) is 13.4. The first-order valence-electron chi connectivity index (χ1n) is 29.4. The van der Waals surface area contributed by atoms with Crippen LogP contribution in [0.2, 0.25) is 0 Å². The van der Waals surface area contributed by atoms with Gasteiger partial charge in [0.25, 0.3) is 35.4 Å². The van der Waals surface area contributed by atoms with Crippen LogP contribution in [0.3, 0.4) is 0 Å². The molecule has 0 aliphatic rings. The van der Waals surface area contributed by atoms with Crippen LogP contribution in [0, 0.1) is 0 Å². The van der Waals surface area contributed by atoms with E-state index in [0.717, 1.165) is 36.4 Å². The van der Waals surface area contributed by atoms with E-state index in [-0.39, 0.29) is 80.7 Å². The summed E-state index contributed by atoms with van der Waals surface area (Å²) < 4.78 is 140. The number of fused-ring (bicyclic) bond motifs is 3. The highest BCUT2D eigenvalue weighted by Gasteiger charge is 2.33. The Morgan fingerprint density at radius 1 is 0.324 bits per heavy atom. The Balaban J connectivity index is 0.000000165. The molecule has 12 aromatic rings. The predicted octanol–water partition coefficient (Wildman–Crippen LogP) is 16.1. The van der Waals surface area contributed by atoms with Crippen molar-refractivity contribution < 1.29 is 96.7 Å². The van der Waals surface area contributed by atoms with Crippen molar-refractivity contribution in [1.82, 2.24) is 39.9 Å². The lowest BCUT2D eigenvalue weighted by Crippen LogP contribution is -2.17. The molecule has 0 spiro atoms.